The monoisotopic (exact) mass is 304 g/mol. The van der Waals surface area contributed by atoms with Gasteiger partial charge in [0.05, 0.1) is 11.7 Å². The minimum atomic E-state index is -0.00674. The molecule has 1 unspecified atom stereocenters. The number of halogens is 1. The minimum Gasteiger partial charge on any atom is -0.377 e. The molecule has 0 saturated carbocycles. The molecule has 4 nitrogen and oxygen atoms in total. The summed E-state index contributed by atoms with van der Waals surface area (Å²) in [6.45, 7) is 4.00. The van der Waals surface area contributed by atoms with Gasteiger partial charge in [-0.05, 0) is 18.7 Å². The summed E-state index contributed by atoms with van der Waals surface area (Å²) in [4.78, 5) is 18.8. The zero-order valence-corrected chi connectivity index (χ0v) is 12.6. The highest BCUT2D eigenvalue weighted by molar-refractivity contribution is 6.34. The van der Waals surface area contributed by atoms with E-state index in [9.17, 15) is 4.79 Å². The Kier molecular flexibility index (Phi) is 4.08. The maximum absolute atomic E-state index is 12.8. The minimum absolute atomic E-state index is 0.00674. The van der Waals surface area contributed by atoms with Crippen molar-refractivity contribution in [2.45, 2.75) is 19.4 Å². The summed E-state index contributed by atoms with van der Waals surface area (Å²) in [6.07, 6.45) is 2.49. The van der Waals surface area contributed by atoms with Gasteiger partial charge in [-0.1, -0.05) is 35.9 Å². The second-order valence-electron chi connectivity index (χ2n) is 5.29. The summed E-state index contributed by atoms with van der Waals surface area (Å²) in [6, 6.07) is 7.60. The first-order valence-electron chi connectivity index (χ1n) is 7.11. The third-order valence-corrected chi connectivity index (χ3v) is 4.02. The van der Waals surface area contributed by atoms with Crippen molar-refractivity contribution in [3.63, 3.8) is 0 Å². The number of benzene rings is 1. The van der Waals surface area contributed by atoms with Crippen LogP contribution in [0, 0.1) is 0 Å². The van der Waals surface area contributed by atoms with E-state index in [4.69, 9.17) is 16.3 Å². The van der Waals surface area contributed by atoms with Crippen molar-refractivity contribution in [1.82, 2.24) is 9.88 Å². The van der Waals surface area contributed by atoms with Gasteiger partial charge in [-0.25, -0.2) is 4.98 Å². The molecule has 0 aliphatic carbocycles. The summed E-state index contributed by atoms with van der Waals surface area (Å²) in [5.74, 6) is -0.00674. The number of hydrogen-bond donors (Lipinski definition) is 0. The van der Waals surface area contributed by atoms with Gasteiger partial charge >= 0.3 is 0 Å². The molecular weight excluding hydrogens is 288 g/mol. The van der Waals surface area contributed by atoms with Crippen molar-refractivity contribution in [2.75, 3.05) is 19.7 Å². The Balaban J connectivity index is 2.00. The molecule has 0 bridgehead atoms. The van der Waals surface area contributed by atoms with E-state index in [0.717, 1.165) is 17.2 Å². The van der Waals surface area contributed by atoms with Gasteiger partial charge in [-0.2, -0.15) is 0 Å². The number of carbonyl (C=O) groups is 1. The van der Waals surface area contributed by atoms with Gasteiger partial charge in [0.25, 0.3) is 5.91 Å². The van der Waals surface area contributed by atoms with Crippen LogP contribution in [0.1, 0.15) is 23.7 Å². The molecular formula is C16H17ClN2O2. The Labute approximate surface area is 128 Å². The fourth-order valence-corrected chi connectivity index (χ4v) is 2.89. The number of hydrogen-bond acceptors (Lipinski definition) is 3. The topological polar surface area (TPSA) is 42.4 Å². The number of pyridine rings is 1. The van der Waals surface area contributed by atoms with Crippen molar-refractivity contribution in [3.05, 3.63) is 41.2 Å². The van der Waals surface area contributed by atoms with Crippen LogP contribution in [0.2, 0.25) is 5.15 Å². The first-order chi connectivity index (χ1) is 10.2. The normalized spacial score (nSPS) is 19.5. The Bertz CT molecular complexity index is 674. The number of rotatable bonds is 1. The Hall–Kier alpha value is -1.65. The fourth-order valence-electron chi connectivity index (χ4n) is 2.68. The summed E-state index contributed by atoms with van der Waals surface area (Å²) in [5, 5.41) is 2.08. The first-order valence-corrected chi connectivity index (χ1v) is 7.48. The summed E-state index contributed by atoms with van der Waals surface area (Å²) in [7, 11) is 0. The van der Waals surface area contributed by atoms with Crippen LogP contribution >= 0.6 is 11.6 Å². The second-order valence-corrected chi connectivity index (χ2v) is 5.65. The zero-order valence-electron chi connectivity index (χ0n) is 11.9. The van der Waals surface area contributed by atoms with Gasteiger partial charge < -0.3 is 9.64 Å². The van der Waals surface area contributed by atoms with Gasteiger partial charge in [0, 0.05) is 31.3 Å². The number of ether oxygens (including phenoxy) is 1. The molecule has 2 aromatic rings. The van der Waals surface area contributed by atoms with Gasteiger partial charge in [0.1, 0.15) is 5.15 Å². The number of nitrogens with zero attached hydrogens (tertiary/aromatic N) is 2. The molecule has 0 N–H and O–H groups in total. The highest BCUT2D eigenvalue weighted by Gasteiger charge is 2.23. The van der Waals surface area contributed by atoms with Gasteiger partial charge in [-0.15, -0.1) is 0 Å². The summed E-state index contributed by atoms with van der Waals surface area (Å²) >= 11 is 6.11. The summed E-state index contributed by atoms with van der Waals surface area (Å²) < 4.78 is 5.60. The van der Waals surface area contributed by atoms with Crippen LogP contribution in [0.15, 0.2) is 30.5 Å². The smallest absolute Gasteiger partial charge is 0.256 e. The highest BCUT2D eigenvalue weighted by atomic mass is 35.5. The standard InChI is InChI=1S/C16H17ClN2O2/c1-11-10-19(7-4-8-21-11)16(20)14-9-18-15(17)13-6-3-2-5-12(13)14/h2-3,5-6,9,11H,4,7-8,10H2,1H3. The van der Waals surface area contributed by atoms with Crippen LogP contribution in [0.4, 0.5) is 0 Å². The molecule has 0 spiro atoms. The lowest BCUT2D eigenvalue weighted by Crippen LogP contribution is -2.36. The average Bonchev–Trinajstić information content (AvgIpc) is 2.72. The number of carbonyl (C=O) groups excluding carboxylic acids is 1. The van der Waals surface area contributed by atoms with Gasteiger partial charge in [0.15, 0.2) is 0 Å². The highest BCUT2D eigenvalue weighted by Crippen LogP contribution is 2.25. The molecule has 1 atom stereocenters. The van der Waals surface area contributed by atoms with Gasteiger partial charge in [-0.3, -0.25) is 4.79 Å². The Morgan fingerprint density at radius 2 is 2.14 bits per heavy atom. The quantitative estimate of drug-likeness (QED) is 0.760. The molecule has 1 aromatic carbocycles. The number of amides is 1. The van der Waals surface area contributed by atoms with Crippen LogP contribution in [0.5, 0.6) is 0 Å². The molecule has 5 heteroatoms. The molecule has 0 radical (unpaired) electrons. The van der Waals surface area contributed by atoms with E-state index in [1.807, 2.05) is 36.1 Å². The first kappa shape index (κ1) is 14.3. The lowest BCUT2D eigenvalue weighted by molar-refractivity contribution is 0.0563. The maximum Gasteiger partial charge on any atom is 0.256 e. The van der Waals surface area contributed by atoms with Crippen molar-refractivity contribution in [2.24, 2.45) is 0 Å². The molecule has 3 rings (SSSR count). The van der Waals surface area contributed by atoms with Crippen LogP contribution < -0.4 is 0 Å². The lowest BCUT2D eigenvalue weighted by Gasteiger charge is -2.22. The second kappa shape index (κ2) is 6.00. The Morgan fingerprint density at radius 3 is 2.95 bits per heavy atom. The maximum atomic E-state index is 12.8. The summed E-state index contributed by atoms with van der Waals surface area (Å²) in [5.41, 5.74) is 0.601. The average molecular weight is 305 g/mol. The van der Waals surface area contributed by atoms with E-state index in [2.05, 4.69) is 4.98 Å². The molecule has 1 aromatic heterocycles. The SMILES string of the molecule is CC1CN(C(=O)c2cnc(Cl)c3ccccc23)CCCO1. The van der Waals surface area contributed by atoms with E-state index in [1.165, 1.54) is 0 Å². The van der Waals surface area contributed by atoms with E-state index >= 15 is 0 Å². The van der Waals surface area contributed by atoms with Crippen LogP contribution in [0.3, 0.4) is 0 Å². The van der Waals surface area contributed by atoms with Crippen molar-refractivity contribution >= 4 is 28.3 Å². The molecule has 1 aliphatic heterocycles. The largest absolute Gasteiger partial charge is 0.377 e. The predicted molar refractivity (Wildman–Crippen MR) is 82.7 cm³/mol. The Morgan fingerprint density at radius 1 is 1.38 bits per heavy atom. The molecule has 1 saturated heterocycles. The van der Waals surface area contributed by atoms with E-state index in [0.29, 0.717) is 30.4 Å². The molecule has 2 heterocycles. The molecule has 1 aliphatic rings. The van der Waals surface area contributed by atoms with Crippen molar-refractivity contribution < 1.29 is 9.53 Å². The van der Waals surface area contributed by atoms with E-state index in [1.54, 1.807) is 6.20 Å². The number of fused-ring (bicyclic) bond motifs is 1. The fraction of sp³-hybridized carbons (Fsp3) is 0.375. The van der Waals surface area contributed by atoms with Gasteiger partial charge in [0.2, 0.25) is 0 Å². The number of aromatic nitrogens is 1. The third-order valence-electron chi connectivity index (χ3n) is 3.72. The van der Waals surface area contributed by atoms with Crippen LogP contribution in [0.25, 0.3) is 10.8 Å². The lowest BCUT2D eigenvalue weighted by atomic mass is 10.1. The van der Waals surface area contributed by atoms with Crippen LogP contribution in [-0.2, 0) is 4.74 Å². The molecule has 1 amide bonds. The molecule has 1 fully saturated rings. The van der Waals surface area contributed by atoms with E-state index in [-0.39, 0.29) is 12.0 Å². The van der Waals surface area contributed by atoms with Crippen molar-refractivity contribution in [3.8, 4) is 0 Å². The van der Waals surface area contributed by atoms with Crippen molar-refractivity contribution in [1.29, 1.82) is 0 Å². The zero-order chi connectivity index (χ0) is 14.8. The van der Waals surface area contributed by atoms with Crippen LogP contribution in [-0.4, -0.2) is 41.6 Å². The predicted octanol–water partition coefficient (Wildman–Crippen LogP) is 3.14. The molecule has 21 heavy (non-hydrogen) atoms. The van der Waals surface area contributed by atoms with E-state index < -0.39 is 0 Å². The third kappa shape index (κ3) is 2.87. The molecule has 110 valence electrons.